The van der Waals surface area contributed by atoms with E-state index in [1.807, 2.05) is 0 Å². The molecule has 0 spiro atoms. The fourth-order valence-corrected chi connectivity index (χ4v) is 4.10. The third-order valence-corrected chi connectivity index (χ3v) is 6.63. The molecule has 0 aliphatic heterocycles. The summed E-state index contributed by atoms with van der Waals surface area (Å²) in [7, 11) is 1.57. The van der Waals surface area contributed by atoms with Crippen molar-refractivity contribution in [2.45, 2.75) is 111 Å². The van der Waals surface area contributed by atoms with Crippen molar-refractivity contribution in [3.8, 4) is 0 Å². The standard InChI is InChI=1S/C32H59NO6/c1-5-8-9-10-11-12-13-14-15-16-17-18-19-20-21-24-31(34)38-28-30(27-36-4)29-39-32(35)37-26-23-22-25-33(6-2)7-3/h11-12,14-15,30H,5-10,13,16-29H2,1-4H3/b12-11-,15-14-. The molecule has 228 valence electrons. The molecule has 7 nitrogen and oxygen atoms in total. The van der Waals surface area contributed by atoms with Gasteiger partial charge in [0, 0.05) is 13.5 Å². The van der Waals surface area contributed by atoms with Crippen molar-refractivity contribution in [2.24, 2.45) is 5.92 Å². The number of nitrogens with zero attached hydrogens (tertiary/aromatic N) is 1. The molecular weight excluding hydrogens is 494 g/mol. The summed E-state index contributed by atoms with van der Waals surface area (Å²) < 4.78 is 20.9. The van der Waals surface area contributed by atoms with E-state index in [1.54, 1.807) is 7.11 Å². The zero-order chi connectivity index (χ0) is 28.8. The van der Waals surface area contributed by atoms with Gasteiger partial charge in [-0.05, 0) is 71.0 Å². The van der Waals surface area contributed by atoms with E-state index in [0.717, 1.165) is 64.6 Å². The van der Waals surface area contributed by atoms with Crippen molar-refractivity contribution < 1.29 is 28.5 Å². The van der Waals surface area contributed by atoms with Crippen LogP contribution in [0.3, 0.4) is 0 Å². The lowest BCUT2D eigenvalue weighted by Gasteiger charge is -2.18. The number of carbonyl (C=O) groups excluding carboxylic acids is 2. The highest BCUT2D eigenvalue weighted by Gasteiger charge is 2.15. The van der Waals surface area contributed by atoms with Crippen LogP contribution < -0.4 is 0 Å². The second kappa shape index (κ2) is 29.1. The summed E-state index contributed by atoms with van der Waals surface area (Å²) in [5.41, 5.74) is 0. The monoisotopic (exact) mass is 553 g/mol. The number of hydrogen-bond acceptors (Lipinski definition) is 7. The van der Waals surface area contributed by atoms with Gasteiger partial charge in [0.1, 0.15) is 6.61 Å². The molecule has 0 fully saturated rings. The summed E-state index contributed by atoms with van der Waals surface area (Å²) in [5.74, 6) is -0.420. The summed E-state index contributed by atoms with van der Waals surface area (Å²) in [6.45, 7) is 10.5. The molecule has 1 atom stereocenters. The number of esters is 1. The average Bonchev–Trinajstić information content (AvgIpc) is 2.94. The van der Waals surface area contributed by atoms with Gasteiger partial charge in [-0.1, -0.05) is 77.2 Å². The smallest absolute Gasteiger partial charge is 0.465 e. The largest absolute Gasteiger partial charge is 0.508 e. The number of hydrogen-bond donors (Lipinski definition) is 0. The molecule has 7 heteroatoms. The second-order valence-electron chi connectivity index (χ2n) is 10.1. The van der Waals surface area contributed by atoms with Gasteiger partial charge in [0.15, 0.2) is 0 Å². The first kappa shape index (κ1) is 37.1. The highest BCUT2D eigenvalue weighted by Crippen LogP contribution is 2.10. The first-order valence-electron chi connectivity index (χ1n) is 15.5. The molecule has 0 saturated heterocycles. The Morgan fingerprint density at radius 3 is 2.00 bits per heavy atom. The van der Waals surface area contributed by atoms with E-state index < -0.39 is 6.16 Å². The number of rotatable bonds is 27. The van der Waals surface area contributed by atoms with Crippen LogP contribution in [0.25, 0.3) is 0 Å². The van der Waals surface area contributed by atoms with Crippen molar-refractivity contribution in [3.05, 3.63) is 24.3 Å². The van der Waals surface area contributed by atoms with Crippen LogP contribution in [0.5, 0.6) is 0 Å². The highest BCUT2D eigenvalue weighted by molar-refractivity contribution is 5.69. The molecule has 0 rings (SSSR count). The van der Waals surface area contributed by atoms with Gasteiger partial charge in [-0.25, -0.2) is 4.79 Å². The van der Waals surface area contributed by atoms with Crippen LogP contribution in [0.15, 0.2) is 24.3 Å². The number of ether oxygens (including phenoxy) is 4. The van der Waals surface area contributed by atoms with E-state index in [4.69, 9.17) is 18.9 Å². The van der Waals surface area contributed by atoms with Crippen LogP contribution in [-0.4, -0.2) is 70.2 Å². The molecule has 0 aromatic carbocycles. The molecule has 0 saturated carbocycles. The fourth-order valence-electron chi connectivity index (χ4n) is 4.10. The Balaban J connectivity index is 3.76. The van der Waals surface area contributed by atoms with E-state index in [9.17, 15) is 9.59 Å². The molecule has 0 aromatic rings. The number of allylic oxidation sites excluding steroid dienone is 4. The first-order chi connectivity index (χ1) is 19.1. The molecule has 0 aliphatic rings. The van der Waals surface area contributed by atoms with Gasteiger partial charge >= 0.3 is 12.1 Å². The van der Waals surface area contributed by atoms with Crippen LogP contribution in [0.4, 0.5) is 4.79 Å². The summed E-state index contributed by atoms with van der Waals surface area (Å²) in [6.07, 6.45) is 23.3. The van der Waals surface area contributed by atoms with E-state index in [2.05, 4.69) is 50.0 Å². The van der Waals surface area contributed by atoms with E-state index in [0.29, 0.717) is 19.6 Å². The van der Waals surface area contributed by atoms with Crippen molar-refractivity contribution in [1.82, 2.24) is 4.90 Å². The van der Waals surface area contributed by atoms with Crippen LogP contribution in [0.1, 0.15) is 111 Å². The lowest BCUT2D eigenvalue weighted by atomic mass is 10.1. The number of unbranched alkanes of at least 4 members (excludes halogenated alkanes) is 9. The SMILES string of the molecule is CCCCC/C=C\C/C=C\CCCCCCCC(=O)OCC(COC)COC(=O)OCCCCN(CC)CC. The van der Waals surface area contributed by atoms with Crippen molar-refractivity contribution in [3.63, 3.8) is 0 Å². The predicted molar refractivity (Wildman–Crippen MR) is 160 cm³/mol. The lowest BCUT2D eigenvalue weighted by molar-refractivity contribution is -0.146. The Morgan fingerprint density at radius 2 is 1.33 bits per heavy atom. The quantitative estimate of drug-likeness (QED) is 0.0582. The van der Waals surface area contributed by atoms with Gasteiger partial charge in [0.05, 0.1) is 25.7 Å². The Hall–Kier alpha value is -1.86. The van der Waals surface area contributed by atoms with Crippen LogP contribution >= 0.6 is 0 Å². The fraction of sp³-hybridized carbons (Fsp3) is 0.812. The molecule has 39 heavy (non-hydrogen) atoms. The normalized spacial score (nSPS) is 12.4. The van der Waals surface area contributed by atoms with Gasteiger partial charge in [0.25, 0.3) is 0 Å². The zero-order valence-corrected chi connectivity index (χ0v) is 25.6. The minimum absolute atomic E-state index is 0.100. The summed E-state index contributed by atoms with van der Waals surface area (Å²) in [5, 5.41) is 0. The van der Waals surface area contributed by atoms with E-state index in [-0.39, 0.29) is 25.1 Å². The lowest BCUT2D eigenvalue weighted by Crippen LogP contribution is -2.25. The van der Waals surface area contributed by atoms with Crippen molar-refractivity contribution in [2.75, 3.05) is 53.2 Å². The maximum atomic E-state index is 12.1. The maximum Gasteiger partial charge on any atom is 0.508 e. The molecule has 0 heterocycles. The molecule has 0 aliphatic carbocycles. The Morgan fingerprint density at radius 1 is 0.692 bits per heavy atom. The average molecular weight is 554 g/mol. The zero-order valence-electron chi connectivity index (χ0n) is 25.6. The summed E-state index contributed by atoms with van der Waals surface area (Å²) >= 11 is 0. The third-order valence-electron chi connectivity index (χ3n) is 6.63. The molecule has 0 radical (unpaired) electrons. The van der Waals surface area contributed by atoms with Crippen molar-refractivity contribution >= 4 is 12.1 Å². The Kier molecular flexibility index (Phi) is 27.7. The van der Waals surface area contributed by atoms with Gasteiger partial charge < -0.3 is 23.8 Å². The molecule has 0 aromatic heterocycles. The topological polar surface area (TPSA) is 74.3 Å². The van der Waals surface area contributed by atoms with E-state index >= 15 is 0 Å². The van der Waals surface area contributed by atoms with Gasteiger partial charge in [0.2, 0.25) is 0 Å². The number of carbonyl (C=O) groups is 2. The second-order valence-corrected chi connectivity index (χ2v) is 10.1. The maximum absolute atomic E-state index is 12.1. The first-order valence-corrected chi connectivity index (χ1v) is 15.5. The molecule has 0 bridgehead atoms. The highest BCUT2D eigenvalue weighted by atomic mass is 16.7. The minimum Gasteiger partial charge on any atom is -0.465 e. The molecular formula is C32H59NO6. The Labute approximate surface area is 239 Å². The summed E-state index contributed by atoms with van der Waals surface area (Å²) in [6, 6.07) is 0. The molecule has 0 N–H and O–H groups in total. The van der Waals surface area contributed by atoms with Gasteiger partial charge in [-0.2, -0.15) is 0 Å². The van der Waals surface area contributed by atoms with Crippen molar-refractivity contribution in [1.29, 1.82) is 0 Å². The summed E-state index contributed by atoms with van der Waals surface area (Å²) in [4.78, 5) is 26.3. The van der Waals surface area contributed by atoms with Crippen LogP contribution in [0.2, 0.25) is 0 Å². The predicted octanol–water partition coefficient (Wildman–Crippen LogP) is 7.88. The van der Waals surface area contributed by atoms with Crippen LogP contribution in [-0.2, 0) is 23.7 Å². The van der Waals surface area contributed by atoms with Gasteiger partial charge in [-0.15, -0.1) is 0 Å². The third kappa shape index (κ3) is 26.1. The van der Waals surface area contributed by atoms with E-state index in [1.165, 1.54) is 38.5 Å². The molecule has 0 amide bonds. The van der Waals surface area contributed by atoms with Gasteiger partial charge in [-0.3, -0.25) is 4.79 Å². The minimum atomic E-state index is -0.685. The molecule has 1 unspecified atom stereocenters. The Bertz CT molecular complexity index is 618. The number of methoxy groups -OCH3 is 1. The van der Waals surface area contributed by atoms with Crippen LogP contribution in [0, 0.1) is 5.92 Å².